The van der Waals surface area contributed by atoms with Crippen LogP contribution in [0.5, 0.6) is 0 Å². The van der Waals surface area contributed by atoms with E-state index in [2.05, 4.69) is 20.7 Å². The molecule has 3 rings (SSSR count). The molecule has 0 saturated carbocycles. The highest BCUT2D eigenvalue weighted by molar-refractivity contribution is 6.03. The molecule has 1 N–H and O–H groups in total. The molecule has 0 bridgehead atoms. The van der Waals surface area contributed by atoms with Crippen LogP contribution >= 0.6 is 0 Å². The summed E-state index contributed by atoms with van der Waals surface area (Å²) >= 11 is 0. The highest BCUT2D eigenvalue weighted by Crippen LogP contribution is 2.13. The van der Waals surface area contributed by atoms with Crippen molar-refractivity contribution in [1.29, 1.82) is 0 Å². The Balaban J connectivity index is 1.73. The molecule has 0 aliphatic rings. The van der Waals surface area contributed by atoms with Crippen LogP contribution in [0.15, 0.2) is 42.7 Å². The fraction of sp³-hybridized carbons (Fsp3) is 0.294. The molecule has 0 fully saturated rings. The maximum atomic E-state index is 12.4. The van der Waals surface area contributed by atoms with Gasteiger partial charge in [0.25, 0.3) is 5.91 Å². The lowest BCUT2D eigenvalue weighted by Gasteiger charge is -2.05. The Labute approximate surface area is 140 Å². The third-order valence-corrected chi connectivity index (χ3v) is 3.76. The number of amides is 1. The summed E-state index contributed by atoms with van der Waals surface area (Å²) in [6.07, 6.45) is 3.42. The summed E-state index contributed by atoms with van der Waals surface area (Å²) in [7, 11) is 0. The molecule has 1 amide bonds. The van der Waals surface area contributed by atoms with Gasteiger partial charge in [-0.15, -0.1) is 5.10 Å². The third-order valence-electron chi connectivity index (χ3n) is 3.76. The predicted molar refractivity (Wildman–Crippen MR) is 90.9 cm³/mol. The second-order valence-electron chi connectivity index (χ2n) is 5.92. The number of hydrogen-bond acceptors (Lipinski definition) is 4. The molecule has 124 valence electrons. The fourth-order valence-corrected chi connectivity index (χ4v) is 2.35. The van der Waals surface area contributed by atoms with E-state index in [1.807, 2.05) is 51.1 Å². The number of hydrogen-bond donors (Lipinski definition) is 1. The second kappa shape index (κ2) is 6.66. The molecule has 7 heteroatoms. The molecule has 0 atom stereocenters. The van der Waals surface area contributed by atoms with Gasteiger partial charge in [0.05, 0.1) is 24.1 Å². The normalized spacial score (nSPS) is 11.0. The van der Waals surface area contributed by atoms with Crippen LogP contribution in [0.4, 0.5) is 5.69 Å². The van der Waals surface area contributed by atoms with E-state index in [1.54, 1.807) is 21.8 Å². The highest BCUT2D eigenvalue weighted by atomic mass is 16.2. The molecule has 2 heterocycles. The van der Waals surface area contributed by atoms with Gasteiger partial charge < -0.3 is 5.32 Å². The van der Waals surface area contributed by atoms with Crippen molar-refractivity contribution in [3.63, 3.8) is 0 Å². The van der Waals surface area contributed by atoms with Gasteiger partial charge in [-0.05, 0) is 26.3 Å². The number of nitrogens with zero attached hydrogens (tertiary/aromatic N) is 5. The zero-order chi connectivity index (χ0) is 17.1. The minimum absolute atomic E-state index is 0.240. The molecule has 0 saturated heterocycles. The topological polar surface area (TPSA) is 77.6 Å². The lowest BCUT2D eigenvalue weighted by molar-refractivity contribution is 0.102. The monoisotopic (exact) mass is 324 g/mol. The summed E-state index contributed by atoms with van der Waals surface area (Å²) in [5, 5.41) is 15.1. The van der Waals surface area contributed by atoms with Crippen LogP contribution in [0.1, 0.15) is 41.6 Å². The second-order valence-corrected chi connectivity index (χ2v) is 5.92. The number of carbonyl (C=O) groups excluding carboxylic acids is 1. The van der Waals surface area contributed by atoms with Gasteiger partial charge in [-0.25, -0.2) is 4.68 Å². The van der Waals surface area contributed by atoms with Gasteiger partial charge in [0, 0.05) is 12.2 Å². The fourth-order valence-electron chi connectivity index (χ4n) is 2.35. The average molecular weight is 324 g/mol. The number of benzene rings is 1. The molecule has 0 unspecified atom stereocenters. The molecular formula is C17H20N6O. The molecule has 0 radical (unpaired) electrons. The average Bonchev–Trinajstić information content (AvgIpc) is 3.16. The number of nitrogens with one attached hydrogen (secondary N) is 1. The van der Waals surface area contributed by atoms with Gasteiger partial charge in [-0.2, -0.15) is 5.10 Å². The Hall–Kier alpha value is -2.96. The molecule has 1 aromatic carbocycles. The summed E-state index contributed by atoms with van der Waals surface area (Å²) in [6.45, 7) is 6.48. The van der Waals surface area contributed by atoms with E-state index < -0.39 is 0 Å². The quantitative estimate of drug-likeness (QED) is 0.782. The first-order valence-electron chi connectivity index (χ1n) is 7.84. The van der Waals surface area contributed by atoms with Gasteiger partial charge in [0.1, 0.15) is 0 Å². The van der Waals surface area contributed by atoms with E-state index in [4.69, 9.17) is 0 Å². The highest BCUT2D eigenvalue weighted by Gasteiger charge is 2.17. The van der Waals surface area contributed by atoms with Crippen LogP contribution in [0.25, 0.3) is 0 Å². The lowest BCUT2D eigenvalue weighted by atomic mass is 10.2. The molecule has 0 aliphatic carbocycles. The smallest absolute Gasteiger partial charge is 0.278 e. The minimum atomic E-state index is -0.282. The van der Waals surface area contributed by atoms with E-state index >= 15 is 0 Å². The van der Waals surface area contributed by atoms with Gasteiger partial charge in [-0.1, -0.05) is 35.5 Å². The minimum Gasteiger partial charge on any atom is -0.318 e. The standard InChI is InChI=1S/C17H20N6O/c1-12(2)22-11-15(9-18-22)19-17(24)16-13(3)23(21-20-16)10-14-7-5-4-6-8-14/h4-9,11-12H,10H2,1-3H3,(H,19,24). The van der Waals surface area contributed by atoms with Crippen molar-refractivity contribution >= 4 is 11.6 Å². The van der Waals surface area contributed by atoms with Crippen LogP contribution in [0, 0.1) is 6.92 Å². The predicted octanol–water partition coefficient (Wildman–Crippen LogP) is 2.66. The molecule has 0 aliphatic heterocycles. The summed E-state index contributed by atoms with van der Waals surface area (Å²) in [4.78, 5) is 12.4. The number of carbonyl (C=O) groups is 1. The third kappa shape index (κ3) is 3.34. The first-order chi connectivity index (χ1) is 11.5. The zero-order valence-electron chi connectivity index (χ0n) is 14.0. The number of aromatic nitrogens is 5. The Kier molecular flexibility index (Phi) is 4.41. The van der Waals surface area contributed by atoms with Gasteiger partial charge in [0.2, 0.25) is 0 Å². The van der Waals surface area contributed by atoms with E-state index in [9.17, 15) is 4.79 Å². The van der Waals surface area contributed by atoms with Crippen molar-refractivity contribution in [1.82, 2.24) is 24.8 Å². The maximum absolute atomic E-state index is 12.4. The molecular weight excluding hydrogens is 304 g/mol. The van der Waals surface area contributed by atoms with Crippen LogP contribution in [-0.2, 0) is 6.54 Å². The van der Waals surface area contributed by atoms with Crippen molar-refractivity contribution in [2.24, 2.45) is 0 Å². The Morgan fingerprint density at radius 3 is 2.67 bits per heavy atom. The van der Waals surface area contributed by atoms with Crippen molar-refractivity contribution in [2.45, 2.75) is 33.4 Å². The van der Waals surface area contributed by atoms with Crippen LogP contribution in [-0.4, -0.2) is 30.7 Å². The first-order valence-corrected chi connectivity index (χ1v) is 7.84. The summed E-state index contributed by atoms with van der Waals surface area (Å²) in [5.41, 5.74) is 2.80. The molecule has 7 nitrogen and oxygen atoms in total. The maximum Gasteiger partial charge on any atom is 0.278 e. The van der Waals surface area contributed by atoms with E-state index in [-0.39, 0.29) is 11.9 Å². The van der Waals surface area contributed by atoms with Crippen molar-refractivity contribution in [2.75, 3.05) is 5.32 Å². The van der Waals surface area contributed by atoms with Crippen LogP contribution in [0.3, 0.4) is 0 Å². The number of anilines is 1. The van der Waals surface area contributed by atoms with Crippen molar-refractivity contribution < 1.29 is 4.79 Å². The molecule has 3 aromatic rings. The SMILES string of the molecule is Cc1c(C(=O)Nc2cnn(C(C)C)c2)nnn1Cc1ccccc1. The van der Waals surface area contributed by atoms with Crippen molar-refractivity contribution in [3.8, 4) is 0 Å². The van der Waals surface area contributed by atoms with Gasteiger partial charge in [0.15, 0.2) is 5.69 Å². The molecule has 0 spiro atoms. The van der Waals surface area contributed by atoms with Gasteiger partial charge >= 0.3 is 0 Å². The first kappa shape index (κ1) is 15.9. The summed E-state index contributed by atoms with van der Waals surface area (Å²) in [5.74, 6) is -0.282. The molecule has 2 aromatic heterocycles. The lowest BCUT2D eigenvalue weighted by Crippen LogP contribution is -2.14. The van der Waals surface area contributed by atoms with E-state index in [1.165, 1.54) is 0 Å². The number of rotatable bonds is 5. The van der Waals surface area contributed by atoms with Crippen molar-refractivity contribution in [3.05, 3.63) is 59.7 Å². The van der Waals surface area contributed by atoms with Crippen LogP contribution < -0.4 is 5.32 Å². The Morgan fingerprint density at radius 1 is 1.25 bits per heavy atom. The van der Waals surface area contributed by atoms with Gasteiger partial charge in [-0.3, -0.25) is 9.48 Å². The largest absolute Gasteiger partial charge is 0.318 e. The Morgan fingerprint density at radius 2 is 2.00 bits per heavy atom. The summed E-state index contributed by atoms with van der Waals surface area (Å²) < 4.78 is 3.51. The molecule has 24 heavy (non-hydrogen) atoms. The zero-order valence-corrected chi connectivity index (χ0v) is 14.0. The Bertz CT molecular complexity index is 834. The van der Waals surface area contributed by atoms with Crippen LogP contribution in [0.2, 0.25) is 0 Å². The van der Waals surface area contributed by atoms with E-state index in [0.29, 0.717) is 17.9 Å². The summed E-state index contributed by atoms with van der Waals surface area (Å²) in [6, 6.07) is 10.2. The van der Waals surface area contributed by atoms with E-state index in [0.717, 1.165) is 11.3 Å².